The van der Waals surface area contributed by atoms with Crippen molar-refractivity contribution in [2.75, 3.05) is 0 Å². The number of nitrogens with zero attached hydrogens (tertiary/aromatic N) is 1. The Morgan fingerprint density at radius 3 is 2.00 bits per heavy atom. The van der Waals surface area contributed by atoms with Gasteiger partial charge in [0.05, 0.1) is 6.34 Å². The molecule has 0 aromatic carbocycles. The topological polar surface area (TPSA) is 58.5 Å². The molecule has 0 bridgehead atoms. The molecule has 0 spiro atoms. The first-order valence-electron chi connectivity index (χ1n) is 4.14. The largest absolute Gasteiger partial charge is 0.316 e. The second-order valence-corrected chi connectivity index (χ2v) is 4.40. The molecule has 0 saturated heterocycles. The molecule has 13 heavy (non-hydrogen) atoms. The Morgan fingerprint density at radius 1 is 1.31 bits per heavy atom. The van der Waals surface area contributed by atoms with E-state index < -0.39 is 0 Å². The predicted molar refractivity (Wildman–Crippen MR) is 51.4 cm³/mol. The van der Waals surface area contributed by atoms with E-state index in [-0.39, 0.29) is 18.2 Å². The number of nitrogens with one attached hydrogen (secondary N) is 1. The highest BCUT2D eigenvalue weighted by Gasteiger charge is 2.09. The summed E-state index contributed by atoms with van der Waals surface area (Å²) >= 11 is 0. The van der Waals surface area contributed by atoms with Crippen LogP contribution in [0.3, 0.4) is 0 Å². The van der Waals surface area contributed by atoms with Crippen LogP contribution in [-0.4, -0.2) is 18.2 Å². The Bertz CT molecular complexity index is 220. The van der Waals surface area contributed by atoms with Crippen LogP contribution in [0.5, 0.6) is 0 Å². The van der Waals surface area contributed by atoms with Crippen LogP contribution in [0.4, 0.5) is 0 Å². The van der Waals surface area contributed by atoms with Crippen molar-refractivity contribution in [1.82, 2.24) is 5.32 Å². The number of hydrogen-bond donors (Lipinski definition) is 1. The molecule has 0 unspecified atom stereocenters. The molecule has 1 rings (SSSR count). The summed E-state index contributed by atoms with van der Waals surface area (Å²) < 4.78 is 0. The van der Waals surface area contributed by atoms with Crippen LogP contribution in [0.2, 0.25) is 0 Å². The summed E-state index contributed by atoms with van der Waals surface area (Å²) in [5.74, 6) is -0.668. The van der Waals surface area contributed by atoms with Crippen LogP contribution >= 0.6 is 0 Å². The lowest BCUT2D eigenvalue weighted by atomic mass is 10.0. The van der Waals surface area contributed by atoms with E-state index in [9.17, 15) is 9.59 Å². The molecular formula is C9H16N2O2. The molecule has 1 heterocycles. The zero-order valence-corrected chi connectivity index (χ0v) is 8.55. The van der Waals surface area contributed by atoms with Crippen LogP contribution in [-0.2, 0) is 9.59 Å². The molecule has 1 aliphatic heterocycles. The molecule has 2 amide bonds. The molecule has 0 saturated carbocycles. The smallest absolute Gasteiger partial charge is 0.256 e. The molecule has 4 heteroatoms. The lowest BCUT2D eigenvalue weighted by molar-refractivity contribution is -0.127. The summed E-state index contributed by atoms with van der Waals surface area (Å²) in [6.45, 7) is 8.75. The number of aliphatic imine (C=N–C) groups is 1. The zero-order valence-electron chi connectivity index (χ0n) is 8.55. The van der Waals surface area contributed by atoms with Gasteiger partial charge in [-0.1, -0.05) is 27.7 Å². The quantitative estimate of drug-likeness (QED) is 0.573. The van der Waals surface area contributed by atoms with Crippen LogP contribution in [0, 0.1) is 5.41 Å². The summed E-state index contributed by atoms with van der Waals surface area (Å²) in [7, 11) is 0. The molecule has 0 aliphatic carbocycles. The highest BCUT2D eigenvalue weighted by molar-refractivity contribution is 6.07. The van der Waals surface area contributed by atoms with E-state index in [0.29, 0.717) is 5.41 Å². The summed E-state index contributed by atoms with van der Waals surface area (Å²) in [6.07, 6.45) is 0.991. The zero-order chi connectivity index (χ0) is 10.5. The first-order valence-corrected chi connectivity index (χ1v) is 4.14. The van der Waals surface area contributed by atoms with Crippen LogP contribution in [0.1, 0.15) is 34.1 Å². The molecule has 1 N–H and O–H groups in total. The molecule has 0 fully saturated rings. The molecule has 0 radical (unpaired) electrons. The molecule has 0 atom stereocenters. The average molecular weight is 184 g/mol. The maximum atomic E-state index is 10.3. The monoisotopic (exact) mass is 184 g/mol. The van der Waals surface area contributed by atoms with E-state index in [1.165, 1.54) is 0 Å². The average Bonchev–Trinajstić information content (AvgIpc) is 1.81. The van der Waals surface area contributed by atoms with Crippen molar-refractivity contribution in [3.63, 3.8) is 0 Å². The van der Waals surface area contributed by atoms with Gasteiger partial charge in [0.1, 0.15) is 6.42 Å². The lowest BCUT2D eigenvalue weighted by Gasteiger charge is -2.05. The first-order chi connectivity index (χ1) is 5.79. The van der Waals surface area contributed by atoms with E-state index in [1.807, 2.05) is 0 Å². The lowest BCUT2D eigenvalue weighted by Crippen LogP contribution is -2.28. The summed E-state index contributed by atoms with van der Waals surface area (Å²) in [6, 6.07) is 0. The maximum absolute atomic E-state index is 10.3. The van der Waals surface area contributed by atoms with Gasteiger partial charge in [-0.3, -0.25) is 9.59 Å². The van der Waals surface area contributed by atoms with Crippen molar-refractivity contribution in [1.29, 1.82) is 0 Å². The number of rotatable bonds is 0. The predicted octanol–water partition coefficient (Wildman–Crippen LogP) is 1.11. The Hall–Kier alpha value is -1.19. The van der Waals surface area contributed by atoms with E-state index in [1.54, 1.807) is 0 Å². The normalized spacial score (nSPS) is 16.0. The van der Waals surface area contributed by atoms with Gasteiger partial charge in [-0.05, 0) is 5.41 Å². The van der Waals surface area contributed by atoms with Gasteiger partial charge >= 0.3 is 0 Å². The van der Waals surface area contributed by atoms with Crippen LogP contribution < -0.4 is 5.32 Å². The Balaban J connectivity index is 0.000000252. The highest BCUT2D eigenvalue weighted by atomic mass is 16.2. The Morgan fingerprint density at radius 2 is 1.77 bits per heavy atom. The Labute approximate surface area is 78.4 Å². The van der Waals surface area contributed by atoms with Crippen molar-refractivity contribution in [2.45, 2.75) is 34.1 Å². The third-order valence-corrected chi connectivity index (χ3v) is 0.746. The summed E-state index contributed by atoms with van der Waals surface area (Å²) in [5, 5.41) is 2.26. The first kappa shape index (κ1) is 11.8. The Kier molecular flexibility index (Phi) is 4.31. The van der Waals surface area contributed by atoms with Crippen molar-refractivity contribution in [2.24, 2.45) is 10.4 Å². The fraction of sp³-hybridized carbons (Fsp3) is 0.667. The highest BCUT2D eigenvalue weighted by Crippen LogP contribution is 2.08. The maximum Gasteiger partial charge on any atom is 0.256 e. The van der Waals surface area contributed by atoms with Crippen molar-refractivity contribution in [3.05, 3.63) is 0 Å². The van der Waals surface area contributed by atoms with Crippen molar-refractivity contribution < 1.29 is 9.59 Å². The van der Waals surface area contributed by atoms with Crippen LogP contribution in [0.25, 0.3) is 0 Å². The summed E-state index contributed by atoms with van der Waals surface area (Å²) in [4.78, 5) is 23.7. The van der Waals surface area contributed by atoms with Gasteiger partial charge in [0, 0.05) is 0 Å². The minimum atomic E-state index is -0.381. The molecule has 0 aromatic heterocycles. The standard InChI is InChI=1S/C5H12.C4H4N2O2/c1-5(2,3)4;7-3-1-4(8)6-2-5-3/h1-4H3;2H,1H2,(H,5,6,7,8). The van der Waals surface area contributed by atoms with Gasteiger partial charge in [-0.2, -0.15) is 0 Å². The minimum absolute atomic E-state index is 0.115. The van der Waals surface area contributed by atoms with Gasteiger partial charge in [0.15, 0.2) is 0 Å². The van der Waals surface area contributed by atoms with E-state index in [0.717, 1.165) is 6.34 Å². The number of amides is 2. The third kappa shape index (κ3) is 10.8. The van der Waals surface area contributed by atoms with Gasteiger partial charge in [-0.15, -0.1) is 0 Å². The van der Waals surface area contributed by atoms with E-state index in [2.05, 4.69) is 38.0 Å². The van der Waals surface area contributed by atoms with E-state index in [4.69, 9.17) is 0 Å². The molecule has 0 aromatic rings. The minimum Gasteiger partial charge on any atom is -0.316 e. The second kappa shape index (κ2) is 4.74. The molecule has 1 aliphatic rings. The SMILES string of the molecule is CC(C)(C)C.O=C1CC(=O)NC=N1. The third-order valence-electron chi connectivity index (χ3n) is 0.746. The number of hydrogen-bond acceptors (Lipinski definition) is 2. The second-order valence-electron chi connectivity index (χ2n) is 4.40. The van der Waals surface area contributed by atoms with Gasteiger partial charge in [-0.25, -0.2) is 4.99 Å². The number of carbonyl (C=O) groups is 2. The van der Waals surface area contributed by atoms with E-state index >= 15 is 0 Å². The molecular weight excluding hydrogens is 168 g/mol. The van der Waals surface area contributed by atoms with Crippen molar-refractivity contribution >= 4 is 18.2 Å². The van der Waals surface area contributed by atoms with Gasteiger partial charge in [0.25, 0.3) is 5.91 Å². The van der Waals surface area contributed by atoms with Crippen molar-refractivity contribution in [3.8, 4) is 0 Å². The fourth-order valence-corrected chi connectivity index (χ4v) is 0.410. The number of carbonyl (C=O) groups excluding carboxylic acids is 2. The molecule has 74 valence electrons. The fourth-order valence-electron chi connectivity index (χ4n) is 0.410. The van der Waals surface area contributed by atoms with Gasteiger partial charge < -0.3 is 5.32 Å². The van der Waals surface area contributed by atoms with Gasteiger partial charge in [0.2, 0.25) is 5.91 Å². The summed E-state index contributed by atoms with van der Waals surface area (Å²) in [5.41, 5.74) is 0.500. The van der Waals surface area contributed by atoms with Crippen LogP contribution in [0.15, 0.2) is 4.99 Å². The molecule has 4 nitrogen and oxygen atoms in total.